The van der Waals surface area contributed by atoms with Crippen LogP contribution in [0.5, 0.6) is 0 Å². The van der Waals surface area contributed by atoms with Crippen molar-refractivity contribution in [3.8, 4) is 0 Å². The third-order valence-corrected chi connectivity index (χ3v) is 6.94. The molecule has 1 aliphatic rings. The third kappa shape index (κ3) is 3.90. The minimum Gasteiger partial charge on any atom is -0.301 e. The summed E-state index contributed by atoms with van der Waals surface area (Å²) in [7, 11) is 0. The van der Waals surface area contributed by atoms with E-state index >= 15 is 0 Å². The van der Waals surface area contributed by atoms with E-state index in [0.717, 1.165) is 11.1 Å². The van der Waals surface area contributed by atoms with Gasteiger partial charge in [0, 0.05) is 17.5 Å². The van der Waals surface area contributed by atoms with Gasteiger partial charge < -0.3 is 5.32 Å². The van der Waals surface area contributed by atoms with Crippen LogP contribution in [-0.2, 0) is 11.2 Å². The van der Waals surface area contributed by atoms with Gasteiger partial charge in [0.2, 0.25) is 5.91 Å². The highest BCUT2D eigenvalue weighted by atomic mass is 32.1. The topological polar surface area (TPSA) is 42.0 Å². The van der Waals surface area contributed by atoms with E-state index in [0.29, 0.717) is 11.6 Å². The van der Waals surface area contributed by atoms with Crippen LogP contribution in [0.3, 0.4) is 0 Å². The van der Waals surface area contributed by atoms with Gasteiger partial charge in [-0.05, 0) is 41.2 Å². The summed E-state index contributed by atoms with van der Waals surface area (Å²) in [4.78, 5) is 17.8. The molecule has 0 fully saturated rings. The summed E-state index contributed by atoms with van der Waals surface area (Å²) in [6.45, 7) is 2.08. The zero-order chi connectivity index (χ0) is 22.0. The number of amides is 1. The van der Waals surface area contributed by atoms with Crippen LogP contribution in [-0.4, -0.2) is 10.9 Å². The molecule has 1 aliphatic carbocycles. The zero-order valence-electron chi connectivity index (χ0n) is 17.9. The van der Waals surface area contributed by atoms with E-state index in [-0.39, 0.29) is 11.8 Å². The van der Waals surface area contributed by atoms with E-state index in [1.807, 2.05) is 41.8 Å². The number of hydrogen-bond donors (Lipinski definition) is 1. The fourth-order valence-corrected chi connectivity index (χ4v) is 5.20. The van der Waals surface area contributed by atoms with Gasteiger partial charge in [0.1, 0.15) is 0 Å². The van der Waals surface area contributed by atoms with E-state index in [4.69, 9.17) is 0 Å². The van der Waals surface area contributed by atoms with Gasteiger partial charge in [-0.25, -0.2) is 4.98 Å². The molecule has 0 aliphatic heterocycles. The highest BCUT2D eigenvalue weighted by molar-refractivity contribution is 7.13. The molecule has 3 nitrogen and oxygen atoms in total. The number of carbonyl (C=O) groups is 1. The Kier molecular flexibility index (Phi) is 5.46. The second kappa shape index (κ2) is 8.56. The number of aromatic nitrogens is 1. The molecular formula is C28H24N2OS. The monoisotopic (exact) mass is 436 g/mol. The highest BCUT2D eigenvalue weighted by Gasteiger charge is 2.48. The van der Waals surface area contributed by atoms with Gasteiger partial charge in [-0.2, -0.15) is 0 Å². The maximum Gasteiger partial charge on any atom is 0.233 e. The Morgan fingerprint density at radius 3 is 2.44 bits per heavy atom. The van der Waals surface area contributed by atoms with Crippen LogP contribution in [0.25, 0.3) is 12.2 Å². The number of benzene rings is 3. The molecule has 4 heteroatoms. The van der Waals surface area contributed by atoms with E-state index in [9.17, 15) is 4.79 Å². The van der Waals surface area contributed by atoms with Crippen molar-refractivity contribution in [2.24, 2.45) is 5.41 Å². The number of carbonyl (C=O) groups excluding carboxylic acids is 1. The molecule has 1 N–H and O–H groups in total. The molecule has 0 bridgehead atoms. The minimum absolute atomic E-state index is 0.0129. The van der Waals surface area contributed by atoms with Gasteiger partial charge >= 0.3 is 0 Å². The number of hydrogen-bond acceptors (Lipinski definition) is 3. The molecule has 2 atom stereocenters. The molecule has 2 unspecified atom stereocenters. The smallest absolute Gasteiger partial charge is 0.233 e. The summed E-state index contributed by atoms with van der Waals surface area (Å²) in [6, 6.07) is 27.2. The molecule has 3 aromatic carbocycles. The Hall–Kier alpha value is -3.50. The van der Waals surface area contributed by atoms with Gasteiger partial charge in [0.25, 0.3) is 0 Å². The van der Waals surface area contributed by atoms with Crippen molar-refractivity contribution in [3.63, 3.8) is 0 Å². The Labute approximate surface area is 192 Å². The quantitative estimate of drug-likeness (QED) is 0.356. The zero-order valence-corrected chi connectivity index (χ0v) is 18.7. The highest BCUT2D eigenvalue weighted by Crippen LogP contribution is 2.51. The second-order valence-corrected chi connectivity index (χ2v) is 9.33. The largest absolute Gasteiger partial charge is 0.301 e. The van der Waals surface area contributed by atoms with Crippen LogP contribution in [0.4, 0.5) is 5.13 Å². The molecule has 158 valence electrons. The first-order valence-corrected chi connectivity index (χ1v) is 11.6. The van der Waals surface area contributed by atoms with Crippen LogP contribution in [0.15, 0.2) is 90.4 Å². The first-order chi connectivity index (χ1) is 15.6. The third-order valence-electron chi connectivity index (χ3n) is 6.25. The van der Waals surface area contributed by atoms with Crippen LogP contribution >= 0.6 is 11.3 Å². The van der Waals surface area contributed by atoms with Gasteiger partial charge in [0.05, 0.1) is 5.41 Å². The molecule has 0 saturated heterocycles. The average Bonchev–Trinajstić information content (AvgIpc) is 3.44. The van der Waals surface area contributed by atoms with Crippen molar-refractivity contribution in [2.75, 3.05) is 5.32 Å². The lowest BCUT2D eigenvalue weighted by Gasteiger charge is -2.31. The van der Waals surface area contributed by atoms with Crippen molar-refractivity contribution in [1.82, 2.24) is 4.98 Å². The van der Waals surface area contributed by atoms with Crippen molar-refractivity contribution in [3.05, 3.63) is 118 Å². The first-order valence-electron chi connectivity index (χ1n) is 10.8. The van der Waals surface area contributed by atoms with Gasteiger partial charge in [0.15, 0.2) is 5.13 Å². The lowest BCUT2D eigenvalue weighted by Crippen LogP contribution is -2.37. The molecule has 0 spiro atoms. The molecule has 1 amide bonds. The second-order valence-electron chi connectivity index (χ2n) is 8.43. The first kappa shape index (κ1) is 20.4. The van der Waals surface area contributed by atoms with Gasteiger partial charge in [-0.3, -0.25) is 4.79 Å². The van der Waals surface area contributed by atoms with E-state index in [1.54, 1.807) is 6.20 Å². The Bertz CT molecular complexity index is 1250. The molecule has 32 heavy (non-hydrogen) atoms. The van der Waals surface area contributed by atoms with Crippen molar-refractivity contribution >= 4 is 34.5 Å². The number of rotatable bonds is 5. The summed E-state index contributed by atoms with van der Waals surface area (Å²) in [5.41, 5.74) is 5.32. The minimum atomic E-state index is -0.600. The summed E-state index contributed by atoms with van der Waals surface area (Å²) in [6.07, 6.45) is 6.68. The van der Waals surface area contributed by atoms with Crippen LogP contribution in [0.1, 0.15) is 40.7 Å². The molecule has 0 saturated carbocycles. The number of nitrogens with zero attached hydrogens (tertiary/aromatic N) is 1. The molecular weight excluding hydrogens is 412 g/mol. The summed E-state index contributed by atoms with van der Waals surface area (Å²) >= 11 is 1.44. The maximum absolute atomic E-state index is 13.5. The fourth-order valence-electron chi connectivity index (χ4n) is 4.67. The van der Waals surface area contributed by atoms with Crippen molar-refractivity contribution in [1.29, 1.82) is 0 Å². The number of anilines is 1. The Balaban J connectivity index is 1.53. The van der Waals surface area contributed by atoms with E-state index < -0.39 is 5.41 Å². The normalized spacial score (nSPS) is 19.7. The van der Waals surface area contributed by atoms with Gasteiger partial charge in [-0.1, -0.05) is 91.0 Å². The molecule has 4 aromatic rings. The predicted molar refractivity (Wildman–Crippen MR) is 133 cm³/mol. The molecule has 5 rings (SSSR count). The number of fused-ring (bicyclic) bond motifs is 1. The van der Waals surface area contributed by atoms with Gasteiger partial charge in [-0.15, -0.1) is 11.3 Å². The SMILES string of the molecule is CC1(C(=O)Nc2nccs2)Cc2ccc(/C=C/c3ccccc3)cc2C1c1ccccc1. The molecule has 1 aromatic heterocycles. The Morgan fingerprint density at radius 1 is 1.00 bits per heavy atom. The molecule has 1 heterocycles. The van der Waals surface area contributed by atoms with Crippen LogP contribution < -0.4 is 5.32 Å². The summed E-state index contributed by atoms with van der Waals surface area (Å²) < 4.78 is 0. The van der Waals surface area contributed by atoms with Crippen molar-refractivity contribution in [2.45, 2.75) is 19.3 Å². The standard InChI is InChI=1S/C28H24N2OS/c1-28(26(31)30-27-29-16-17-32-27)19-23-15-14-21(13-12-20-8-4-2-5-9-20)18-24(23)25(28)22-10-6-3-7-11-22/h2-18,25H,19H2,1H3,(H,29,30,31)/b13-12+. The summed E-state index contributed by atoms with van der Waals surface area (Å²) in [5.74, 6) is -0.0115. The van der Waals surface area contributed by atoms with Crippen molar-refractivity contribution < 1.29 is 4.79 Å². The fraction of sp³-hybridized carbons (Fsp3) is 0.143. The predicted octanol–water partition coefficient (Wildman–Crippen LogP) is 6.65. The maximum atomic E-state index is 13.5. The van der Waals surface area contributed by atoms with Crippen LogP contribution in [0.2, 0.25) is 0 Å². The lowest BCUT2D eigenvalue weighted by molar-refractivity contribution is -0.125. The van der Waals surface area contributed by atoms with E-state index in [1.165, 1.54) is 28.0 Å². The average molecular weight is 437 g/mol. The number of thiazole rings is 1. The Morgan fingerprint density at radius 2 is 1.72 bits per heavy atom. The molecule has 0 radical (unpaired) electrons. The lowest BCUT2D eigenvalue weighted by atomic mass is 9.73. The summed E-state index contributed by atoms with van der Waals surface area (Å²) in [5, 5.41) is 5.58. The number of nitrogens with one attached hydrogen (secondary N) is 1. The van der Waals surface area contributed by atoms with Crippen LogP contribution in [0, 0.1) is 5.41 Å². The van der Waals surface area contributed by atoms with E-state index in [2.05, 4.69) is 71.8 Å².